The van der Waals surface area contributed by atoms with Crippen LogP contribution >= 0.6 is 7.60 Å². The first-order valence-electron chi connectivity index (χ1n) is 10.3. The highest BCUT2D eigenvalue weighted by Gasteiger charge is 2.50. The van der Waals surface area contributed by atoms with Crippen molar-refractivity contribution in [3.8, 4) is 0 Å². The van der Waals surface area contributed by atoms with Crippen molar-refractivity contribution in [3.05, 3.63) is 33.1 Å². The number of rotatable bonds is 9. The minimum Gasteiger partial charge on any atom is -0.390 e. The SMILES string of the molecule is CCC(CC)(C[C@H]1C[C@H](n2ccc(=O)[nH]c2=O)[C@H](O)[C@@H]1O)OP(=O)(O)[C@@](C)(O)CC. The van der Waals surface area contributed by atoms with E-state index < -0.39 is 54.0 Å². The first kappa shape index (κ1) is 25.0. The molecule has 5 N–H and O–H groups in total. The number of aliphatic hydroxyl groups is 3. The van der Waals surface area contributed by atoms with Gasteiger partial charge in [-0.25, -0.2) is 4.79 Å². The van der Waals surface area contributed by atoms with Gasteiger partial charge in [0, 0.05) is 12.3 Å². The van der Waals surface area contributed by atoms with Gasteiger partial charge in [-0.15, -0.1) is 0 Å². The normalized spacial score (nSPS) is 28.8. The van der Waals surface area contributed by atoms with Crippen LogP contribution in [0.2, 0.25) is 0 Å². The predicted molar refractivity (Wildman–Crippen MR) is 110 cm³/mol. The number of hydrogen-bond acceptors (Lipinski definition) is 7. The summed E-state index contributed by atoms with van der Waals surface area (Å²) in [7, 11) is -4.41. The van der Waals surface area contributed by atoms with Gasteiger partial charge in [0.25, 0.3) is 5.56 Å². The number of aromatic nitrogens is 2. The second kappa shape index (κ2) is 9.06. The molecule has 2 rings (SSSR count). The summed E-state index contributed by atoms with van der Waals surface area (Å²) in [4.78, 5) is 36.0. The van der Waals surface area contributed by atoms with Crippen LogP contribution < -0.4 is 11.2 Å². The Morgan fingerprint density at radius 2 is 1.80 bits per heavy atom. The van der Waals surface area contributed by atoms with Crippen LogP contribution in [-0.2, 0) is 9.09 Å². The van der Waals surface area contributed by atoms with Gasteiger partial charge < -0.3 is 24.7 Å². The third-order valence-corrected chi connectivity index (χ3v) is 8.67. The lowest BCUT2D eigenvalue weighted by atomic mass is 9.84. The Morgan fingerprint density at radius 3 is 2.30 bits per heavy atom. The van der Waals surface area contributed by atoms with Crippen molar-refractivity contribution in [2.24, 2.45) is 5.92 Å². The molecule has 0 saturated heterocycles. The van der Waals surface area contributed by atoms with E-state index in [0.29, 0.717) is 12.8 Å². The summed E-state index contributed by atoms with van der Waals surface area (Å²) in [5.41, 5.74) is -2.36. The van der Waals surface area contributed by atoms with Gasteiger partial charge in [-0.1, -0.05) is 20.8 Å². The lowest BCUT2D eigenvalue weighted by Gasteiger charge is -2.39. The van der Waals surface area contributed by atoms with Crippen molar-refractivity contribution in [1.29, 1.82) is 0 Å². The molecule has 30 heavy (non-hydrogen) atoms. The van der Waals surface area contributed by atoms with Crippen LogP contribution in [0, 0.1) is 5.92 Å². The van der Waals surface area contributed by atoms with E-state index in [0.717, 1.165) is 6.07 Å². The van der Waals surface area contributed by atoms with Crippen molar-refractivity contribution in [3.63, 3.8) is 0 Å². The molecule has 1 saturated carbocycles. The van der Waals surface area contributed by atoms with Gasteiger partial charge in [0.15, 0.2) is 5.34 Å². The molecule has 172 valence electrons. The molecule has 1 unspecified atom stereocenters. The maximum Gasteiger partial charge on any atom is 0.359 e. The lowest BCUT2D eigenvalue weighted by Crippen LogP contribution is -2.39. The minimum absolute atomic E-state index is 0.0201. The second-order valence-corrected chi connectivity index (χ2v) is 10.5. The molecule has 1 aliphatic rings. The minimum atomic E-state index is -4.41. The molecular formula is C19H33N2O8P. The Kier molecular flexibility index (Phi) is 7.54. The Labute approximate surface area is 175 Å². The Hall–Kier alpha value is -1.29. The summed E-state index contributed by atoms with van der Waals surface area (Å²) in [6, 6.07) is 0.397. The molecule has 1 aromatic heterocycles. The van der Waals surface area contributed by atoms with E-state index in [-0.39, 0.29) is 19.3 Å². The van der Waals surface area contributed by atoms with Crippen LogP contribution in [0.25, 0.3) is 0 Å². The molecule has 0 bridgehead atoms. The van der Waals surface area contributed by atoms with Gasteiger partial charge in [0.2, 0.25) is 0 Å². The standard InChI is InChI=1S/C19H33N2O8P/c1-5-18(4,26)30(27,28)29-19(6-2,7-3)11-12-10-13(16(24)15(12)23)21-9-8-14(22)20-17(21)25/h8-9,12-13,15-16,23-24,26H,5-7,10-11H2,1-4H3,(H,27,28)(H,20,22,25)/t12-,13+,15-,16+,18-/m1/s1. The number of aromatic amines is 1. The summed E-state index contributed by atoms with van der Waals surface area (Å²) in [5.74, 6) is -0.532. The summed E-state index contributed by atoms with van der Waals surface area (Å²) in [6.45, 7) is 6.39. The summed E-state index contributed by atoms with van der Waals surface area (Å²) < 4.78 is 19.6. The third-order valence-electron chi connectivity index (χ3n) is 6.50. The van der Waals surface area contributed by atoms with E-state index in [9.17, 15) is 34.4 Å². The molecule has 11 heteroatoms. The second-order valence-electron chi connectivity index (χ2n) is 8.34. The predicted octanol–water partition coefficient (Wildman–Crippen LogP) is 1.09. The van der Waals surface area contributed by atoms with E-state index in [1.165, 1.54) is 17.7 Å². The summed E-state index contributed by atoms with van der Waals surface area (Å²) in [5, 5.41) is 29.5. The van der Waals surface area contributed by atoms with E-state index in [4.69, 9.17) is 4.52 Å². The van der Waals surface area contributed by atoms with Crippen LogP contribution in [0.4, 0.5) is 0 Å². The molecule has 1 aromatic rings. The maximum atomic E-state index is 12.8. The number of nitrogens with zero attached hydrogens (tertiary/aromatic N) is 1. The molecule has 0 spiro atoms. The first-order valence-corrected chi connectivity index (χ1v) is 11.8. The molecule has 1 heterocycles. The fraction of sp³-hybridized carbons (Fsp3) is 0.789. The molecule has 0 aromatic carbocycles. The zero-order valence-electron chi connectivity index (χ0n) is 17.8. The monoisotopic (exact) mass is 448 g/mol. The smallest absolute Gasteiger partial charge is 0.359 e. The van der Waals surface area contributed by atoms with Crippen molar-refractivity contribution in [2.75, 3.05) is 0 Å². The van der Waals surface area contributed by atoms with Crippen LogP contribution in [0.15, 0.2) is 21.9 Å². The average Bonchev–Trinajstić information content (AvgIpc) is 2.95. The molecule has 0 aliphatic heterocycles. The molecule has 0 radical (unpaired) electrons. The first-order chi connectivity index (χ1) is 13.8. The molecule has 0 amide bonds. The quantitative estimate of drug-likeness (QED) is 0.351. The van der Waals surface area contributed by atoms with E-state index >= 15 is 0 Å². The number of nitrogens with one attached hydrogen (secondary N) is 1. The van der Waals surface area contributed by atoms with Gasteiger partial charge in [-0.3, -0.25) is 18.9 Å². The summed E-state index contributed by atoms with van der Waals surface area (Å²) >= 11 is 0. The maximum absolute atomic E-state index is 12.8. The van der Waals surface area contributed by atoms with E-state index in [1.54, 1.807) is 20.8 Å². The largest absolute Gasteiger partial charge is 0.390 e. The molecular weight excluding hydrogens is 415 g/mol. The highest BCUT2D eigenvalue weighted by atomic mass is 31.2. The zero-order valence-corrected chi connectivity index (χ0v) is 18.7. The topological polar surface area (TPSA) is 162 Å². The van der Waals surface area contributed by atoms with Crippen molar-refractivity contribution < 1.29 is 29.3 Å². The number of aliphatic hydroxyl groups excluding tert-OH is 2. The van der Waals surface area contributed by atoms with Crippen LogP contribution in [0.3, 0.4) is 0 Å². The highest BCUT2D eigenvalue weighted by molar-refractivity contribution is 7.54. The molecule has 6 atom stereocenters. The number of H-pyrrole nitrogens is 1. The third kappa shape index (κ3) is 4.79. The van der Waals surface area contributed by atoms with Crippen LogP contribution in [0.5, 0.6) is 0 Å². The van der Waals surface area contributed by atoms with Gasteiger partial charge in [0.05, 0.1) is 17.7 Å². The van der Waals surface area contributed by atoms with Gasteiger partial charge in [-0.2, -0.15) is 0 Å². The van der Waals surface area contributed by atoms with E-state index in [2.05, 4.69) is 4.98 Å². The Balaban J connectivity index is 2.30. The molecule has 1 aliphatic carbocycles. The van der Waals surface area contributed by atoms with Crippen molar-refractivity contribution >= 4 is 7.60 Å². The van der Waals surface area contributed by atoms with Crippen molar-refractivity contribution in [1.82, 2.24) is 9.55 Å². The number of hydrogen-bond donors (Lipinski definition) is 5. The van der Waals surface area contributed by atoms with Crippen molar-refractivity contribution in [2.45, 2.75) is 89.0 Å². The van der Waals surface area contributed by atoms with Crippen LogP contribution in [-0.4, -0.2) is 52.9 Å². The van der Waals surface area contributed by atoms with E-state index in [1.807, 2.05) is 0 Å². The molecule has 10 nitrogen and oxygen atoms in total. The Morgan fingerprint density at radius 1 is 1.20 bits per heavy atom. The van der Waals surface area contributed by atoms with Gasteiger partial charge in [0.1, 0.15) is 6.10 Å². The lowest BCUT2D eigenvalue weighted by molar-refractivity contribution is -0.0351. The fourth-order valence-corrected chi connectivity index (χ4v) is 5.46. The Bertz CT molecular complexity index is 891. The van der Waals surface area contributed by atoms with Crippen LogP contribution in [0.1, 0.15) is 65.8 Å². The highest BCUT2D eigenvalue weighted by Crippen LogP contribution is 2.60. The fourth-order valence-electron chi connectivity index (χ4n) is 4.01. The summed E-state index contributed by atoms with van der Waals surface area (Å²) in [6.07, 6.45) is -0.117. The molecule has 1 fully saturated rings. The van der Waals surface area contributed by atoms with Gasteiger partial charge in [-0.05, 0) is 44.9 Å². The van der Waals surface area contributed by atoms with Gasteiger partial charge >= 0.3 is 13.3 Å². The zero-order chi connectivity index (χ0) is 22.9. The average molecular weight is 448 g/mol.